The van der Waals surface area contributed by atoms with Gasteiger partial charge in [0.25, 0.3) is 0 Å². The second-order valence-electron chi connectivity index (χ2n) is 2.95. The molecule has 8 heteroatoms. The molecule has 0 aliphatic carbocycles. The van der Waals surface area contributed by atoms with Crippen molar-refractivity contribution in [1.29, 1.82) is 0 Å². The maximum Gasteiger partial charge on any atom is 0.164 e. The third-order valence-corrected chi connectivity index (χ3v) is 1.36. The third kappa shape index (κ3) is 10.6. The molecule has 0 rings (SSSR count). The number of hydrogen-bond acceptors (Lipinski definition) is 7. The number of aliphatic hydroxyl groups is 3. The van der Waals surface area contributed by atoms with E-state index in [1.807, 2.05) is 0 Å². The molecule has 0 aromatic rings. The summed E-state index contributed by atoms with van der Waals surface area (Å²) in [5.74, 6) is -3.09. The van der Waals surface area contributed by atoms with E-state index in [2.05, 4.69) is 5.73 Å². The Labute approximate surface area is 91.2 Å². The van der Waals surface area contributed by atoms with Gasteiger partial charge < -0.3 is 40.9 Å². The molecule has 0 aromatic heterocycles. The number of carbonyl (C=O) groups is 2. The van der Waals surface area contributed by atoms with E-state index >= 15 is 0 Å². The fourth-order valence-electron chi connectivity index (χ4n) is 0.286. The molecular weight excluding hydrogens is 222 g/mol. The lowest BCUT2D eigenvalue weighted by atomic mass is 10.1. The topological polar surface area (TPSA) is 169 Å². The summed E-state index contributed by atoms with van der Waals surface area (Å²) in [5.41, 5.74) is 2.42. The molecule has 8 nitrogen and oxygen atoms in total. The van der Waals surface area contributed by atoms with Crippen LogP contribution in [-0.4, -0.2) is 52.6 Å². The van der Waals surface area contributed by atoms with Gasteiger partial charge in [0.05, 0.1) is 11.9 Å². The molecule has 0 unspecified atom stereocenters. The second kappa shape index (κ2) is 8.80. The number of carbonyl (C=O) groups excluding carboxylic acids is 2. The van der Waals surface area contributed by atoms with Gasteiger partial charge in [-0.05, 0) is 12.2 Å². The monoisotopic (exact) mass is 236 g/mol. The molecule has 0 radical (unpaired) electrons. The van der Waals surface area contributed by atoms with Crippen LogP contribution in [0.25, 0.3) is 0 Å². The largest absolute Gasteiger partial charge is 0.545 e. The Hall–Kier alpha value is -1.48. The minimum absolute atomic E-state index is 0.292. The lowest BCUT2D eigenvalue weighted by molar-refractivity contribution is -0.494. The van der Waals surface area contributed by atoms with E-state index in [-0.39, 0.29) is 19.8 Å². The molecule has 0 fully saturated rings. The smallest absolute Gasteiger partial charge is 0.164 e. The van der Waals surface area contributed by atoms with Crippen molar-refractivity contribution in [2.24, 2.45) is 0 Å². The molecule has 0 amide bonds. The van der Waals surface area contributed by atoms with E-state index in [4.69, 9.17) is 15.3 Å². The van der Waals surface area contributed by atoms with Crippen LogP contribution in [0.4, 0.5) is 0 Å². The Balaban J connectivity index is 0. The molecular formula is C8H14NO7-. The van der Waals surface area contributed by atoms with Gasteiger partial charge in [-0.3, -0.25) is 0 Å². The summed E-state index contributed by atoms with van der Waals surface area (Å²) < 4.78 is 0. The summed E-state index contributed by atoms with van der Waals surface area (Å²) >= 11 is 0. The maximum absolute atomic E-state index is 9.41. The van der Waals surface area contributed by atoms with E-state index in [9.17, 15) is 19.8 Å². The van der Waals surface area contributed by atoms with Crippen LogP contribution in [0.5, 0.6) is 0 Å². The van der Waals surface area contributed by atoms with Gasteiger partial charge in [-0.1, -0.05) is 0 Å². The van der Waals surface area contributed by atoms with Crippen LogP contribution in [0, 0.1) is 0 Å². The highest BCUT2D eigenvalue weighted by Gasteiger charge is 2.25. The van der Waals surface area contributed by atoms with Crippen LogP contribution < -0.4 is 15.9 Å². The fourth-order valence-corrected chi connectivity index (χ4v) is 0.286. The number of hydrogen-bond donors (Lipinski definition) is 4. The Bertz CT molecular complexity index is 223. The molecule has 0 spiro atoms. The minimum atomic E-state index is -1.55. The molecule has 0 bridgehead atoms. The lowest BCUT2D eigenvalue weighted by Crippen LogP contribution is -2.78. The van der Waals surface area contributed by atoms with Crippen molar-refractivity contribution in [3.8, 4) is 0 Å². The predicted molar refractivity (Wildman–Crippen MR) is 46.0 cm³/mol. The number of quaternary nitrogens is 1. The van der Waals surface area contributed by atoms with Gasteiger partial charge in [0, 0.05) is 0 Å². The van der Waals surface area contributed by atoms with Crippen LogP contribution in [0.3, 0.4) is 0 Å². The summed E-state index contributed by atoms with van der Waals surface area (Å²) in [6, 6.07) is 0. The van der Waals surface area contributed by atoms with Crippen molar-refractivity contribution in [3.05, 3.63) is 12.2 Å². The van der Waals surface area contributed by atoms with Crippen molar-refractivity contribution in [3.63, 3.8) is 0 Å². The van der Waals surface area contributed by atoms with Crippen LogP contribution in [-0.2, 0) is 9.59 Å². The number of rotatable bonds is 5. The molecule has 6 N–H and O–H groups in total. The summed E-state index contributed by atoms with van der Waals surface area (Å²) in [6.07, 6.45) is 0.769. The Morgan fingerprint density at radius 1 is 1.00 bits per heavy atom. The highest BCUT2D eigenvalue weighted by Crippen LogP contribution is 1.89. The van der Waals surface area contributed by atoms with Crippen molar-refractivity contribution in [2.75, 3.05) is 19.8 Å². The summed E-state index contributed by atoms with van der Waals surface area (Å²) in [4.78, 5) is 18.8. The van der Waals surface area contributed by atoms with Gasteiger partial charge in [-0.25, -0.2) is 0 Å². The zero-order valence-electron chi connectivity index (χ0n) is 8.46. The first-order chi connectivity index (χ1) is 7.31. The van der Waals surface area contributed by atoms with E-state index in [0.29, 0.717) is 12.2 Å². The van der Waals surface area contributed by atoms with Crippen molar-refractivity contribution < 1.29 is 40.9 Å². The summed E-state index contributed by atoms with van der Waals surface area (Å²) in [5, 5.41) is 44.0. The van der Waals surface area contributed by atoms with Crippen molar-refractivity contribution in [1.82, 2.24) is 0 Å². The Morgan fingerprint density at radius 2 is 1.25 bits per heavy atom. The second-order valence-corrected chi connectivity index (χ2v) is 2.95. The van der Waals surface area contributed by atoms with Crippen LogP contribution in [0.1, 0.15) is 0 Å². The Kier molecular flexibility index (Phi) is 9.31. The highest BCUT2D eigenvalue weighted by atomic mass is 16.4. The van der Waals surface area contributed by atoms with Gasteiger partial charge >= 0.3 is 0 Å². The first-order valence-electron chi connectivity index (χ1n) is 4.09. The fraction of sp³-hybridized carbons (Fsp3) is 0.500. The van der Waals surface area contributed by atoms with Crippen molar-refractivity contribution in [2.45, 2.75) is 5.54 Å². The molecule has 16 heavy (non-hydrogen) atoms. The molecule has 0 aliphatic rings. The number of aliphatic carboxylic acids is 2. The quantitative estimate of drug-likeness (QED) is 0.344. The lowest BCUT2D eigenvalue weighted by Gasteiger charge is -2.16. The highest BCUT2D eigenvalue weighted by molar-refractivity contribution is 5.87. The molecule has 0 atom stereocenters. The summed E-state index contributed by atoms with van der Waals surface area (Å²) in [6.45, 7) is -0.875. The van der Waals surface area contributed by atoms with Crippen LogP contribution >= 0.6 is 0 Å². The van der Waals surface area contributed by atoms with Gasteiger partial charge in [0.1, 0.15) is 19.8 Å². The number of carboxylic acids is 2. The SMILES string of the molecule is O=C([O-])/C=C\C(=O)[O-].[NH3+]C(CO)(CO)CO. The first-order valence-corrected chi connectivity index (χ1v) is 4.09. The average Bonchev–Trinajstić information content (AvgIpc) is 2.26. The number of carboxylic acid groups (broad SMARTS) is 2. The Morgan fingerprint density at radius 3 is 1.31 bits per heavy atom. The van der Waals surface area contributed by atoms with Crippen molar-refractivity contribution >= 4 is 11.9 Å². The van der Waals surface area contributed by atoms with E-state index in [1.165, 1.54) is 0 Å². The van der Waals surface area contributed by atoms with E-state index < -0.39 is 17.5 Å². The zero-order chi connectivity index (χ0) is 13.2. The third-order valence-electron chi connectivity index (χ3n) is 1.36. The van der Waals surface area contributed by atoms with Crippen LogP contribution in [0.15, 0.2) is 12.2 Å². The standard InChI is InChI=1S/C4H11NO3.C4H4O4/c5-4(1-6,2-7)3-8;5-3(6)1-2-4(7)8/h6-8H,1-3,5H2;1-2H,(H,5,6)(H,7,8)/p-1/b;2-1-. The minimum Gasteiger partial charge on any atom is -0.545 e. The zero-order valence-corrected chi connectivity index (χ0v) is 8.46. The van der Waals surface area contributed by atoms with Gasteiger partial charge in [0.2, 0.25) is 0 Å². The van der Waals surface area contributed by atoms with Gasteiger partial charge in [0.15, 0.2) is 5.54 Å². The normalized spacial score (nSPS) is 10.8. The summed E-state index contributed by atoms with van der Waals surface area (Å²) in [7, 11) is 0. The average molecular weight is 236 g/mol. The van der Waals surface area contributed by atoms with Crippen LogP contribution in [0.2, 0.25) is 0 Å². The predicted octanol–water partition coefficient (Wildman–Crippen LogP) is -6.01. The molecule has 0 saturated heterocycles. The van der Waals surface area contributed by atoms with Gasteiger partial charge in [-0.15, -0.1) is 0 Å². The molecule has 0 heterocycles. The molecule has 0 aliphatic heterocycles. The molecule has 94 valence electrons. The molecule has 0 saturated carbocycles. The first kappa shape index (κ1) is 16.9. The maximum atomic E-state index is 9.41. The molecule has 0 aromatic carbocycles. The van der Waals surface area contributed by atoms with Gasteiger partial charge in [-0.2, -0.15) is 0 Å². The number of aliphatic hydroxyl groups excluding tert-OH is 3. The van der Waals surface area contributed by atoms with E-state index in [0.717, 1.165) is 0 Å². The van der Waals surface area contributed by atoms with E-state index in [1.54, 1.807) is 0 Å².